The maximum atomic E-state index is 12.9. The standard InChI is InChI=1S/C27H29N3O6/c1-33-21-5-2-18-3-7-26(31)29(22(18)15-21)11-10-28-9-8-19-16-30(27(32)36-25(19)17-28)20-4-6-23-24(14-20)35-13-12-34-23/h2-7,14-15,19,25H,8-13,16-17H2,1H3. The molecule has 9 heteroatoms. The quantitative estimate of drug-likeness (QED) is 0.542. The van der Waals surface area contributed by atoms with Crippen molar-refractivity contribution in [3.63, 3.8) is 0 Å². The van der Waals surface area contributed by atoms with Gasteiger partial charge in [-0.1, -0.05) is 0 Å². The zero-order chi connectivity index (χ0) is 24.6. The van der Waals surface area contributed by atoms with Crippen molar-refractivity contribution in [2.45, 2.75) is 19.1 Å². The second-order valence-corrected chi connectivity index (χ2v) is 9.46. The monoisotopic (exact) mass is 491 g/mol. The molecule has 0 aliphatic carbocycles. The molecule has 2 unspecified atom stereocenters. The minimum absolute atomic E-state index is 0.0372. The topological polar surface area (TPSA) is 82.5 Å². The Hall–Kier alpha value is -3.72. The molecule has 6 rings (SSSR count). The van der Waals surface area contributed by atoms with Crippen LogP contribution in [0.25, 0.3) is 10.9 Å². The molecule has 2 aromatic carbocycles. The summed E-state index contributed by atoms with van der Waals surface area (Å²) in [5, 5.41) is 0.995. The number of nitrogens with zero attached hydrogens (tertiary/aromatic N) is 3. The minimum atomic E-state index is -0.341. The van der Waals surface area contributed by atoms with Crippen molar-refractivity contribution in [2.24, 2.45) is 5.92 Å². The van der Waals surface area contributed by atoms with Crippen molar-refractivity contribution < 1.29 is 23.7 Å². The molecule has 188 valence electrons. The summed E-state index contributed by atoms with van der Waals surface area (Å²) < 4.78 is 24.3. The molecule has 3 aromatic rings. The molecule has 3 aliphatic rings. The zero-order valence-corrected chi connectivity index (χ0v) is 20.2. The number of rotatable bonds is 5. The number of amides is 1. The Bertz CT molecular complexity index is 1360. The Labute approximate surface area is 208 Å². The van der Waals surface area contributed by atoms with E-state index in [0.29, 0.717) is 50.9 Å². The number of carbonyl (C=O) groups is 1. The van der Waals surface area contributed by atoms with Gasteiger partial charge in [0.05, 0.1) is 18.3 Å². The third-order valence-electron chi connectivity index (χ3n) is 7.35. The number of ether oxygens (including phenoxy) is 4. The fraction of sp³-hybridized carbons (Fsp3) is 0.407. The Morgan fingerprint density at radius 1 is 0.944 bits per heavy atom. The third kappa shape index (κ3) is 4.24. The molecule has 2 saturated heterocycles. The van der Waals surface area contributed by atoms with Gasteiger partial charge in [0.1, 0.15) is 25.1 Å². The number of benzene rings is 2. The van der Waals surface area contributed by atoms with Crippen LogP contribution in [0.5, 0.6) is 17.2 Å². The molecular weight excluding hydrogens is 462 g/mol. The summed E-state index contributed by atoms with van der Waals surface area (Å²) in [5.41, 5.74) is 1.58. The van der Waals surface area contributed by atoms with E-state index in [0.717, 1.165) is 35.3 Å². The van der Waals surface area contributed by atoms with Gasteiger partial charge in [0.15, 0.2) is 11.5 Å². The molecule has 2 fully saturated rings. The van der Waals surface area contributed by atoms with E-state index >= 15 is 0 Å². The summed E-state index contributed by atoms with van der Waals surface area (Å²) in [7, 11) is 1.62. The van der Waals surface area contributed by atoms with E-state index in [4.69, 9.17) is 18.9 Å². The zero-order valence-electron chi connectivity index (χ0n) is 20.2. The lowest BCUT2D eigenvalue weighted by Gasteiger charge is -2.44. The summed E-state index contributed by atoms with van der Waals surface area (Å²) in [6.45, 7) is 4.44. The van der Waals surface area contributed by atoms with Gasteiger partial charge in [-0.2, -0.15) is 0 Å². The average Bonchev–Trinajstić information content (AvgIpc) is 2.91. The van der Waals surface area contributed by atoms with E-state index in [-0.39, 0.29) is 23.7 Å². The van der Waals surface area contributed by atoms with Crippen LogP contribution in [0, 0.1) is 5.92 Å². The summed E-state index contributed by atoms with van der Waals surface area (Å²) in [6, 6.07) is 14.8. The molecule has 2 atom stereocenters. The third-order valence-corrected chi connectivity index (χ3v) is 7.35. The molecule has 4 heterocycles. The molecule has 0 saturated carbocycles. The maximum Gasteiger partial charge on any atom is 0.414 e. The highest BCUT2D eigenvalue weighted by Crippen LogP contribution is 2.36. The Balaban J connectivity index is 1.12. The van der Waals surface area contributed by atoms with Gasteiger partial charge in [0.25, 0.3) is 5.56 Å². The molecule has 3 aliphatic heterocycles. The van der Waals surface area contributed by atoms with E-state index in [2.05, 4.69) is 4.90 Å². The minimum Gasteiger partial charge on any atom is -0.497 e. The molecule has 0 radical (unpaired) electrons. The number of hydrogen-bond donors (Lipinski definition) is 0. The lowest BCUT2D eigenvalue weighted by atomic mass is 9.91. The molecule has 0 spiro atoms. The summed E-state index contributed by atoms with van der Waals surface area (Å²) >= 11 is 0. The van der Waals surface area contributed by atoms with Crippen molar-refractivity contribution >= 4 is 22.7 Å². The first-order valence-corrected chi connectivity index (χ1v) is 12.4. The van der Waals surface area contributed by atoms with Gasteiger partial charge in [-0.15, -0.1) is 0 Å². The van der Waals surface area contributed by atoms with Crippen molar-refractivity contribution in [1.82, 2.24) is 9.47 Å². The van der Waals surface area contributed by atoms with Gasteiger partial charge in [0.2, 0.25) is 0 Å². The SMILES string of the molecule is COc1ccc2ccc(=O)n(CCN3CCC4CN(c5ccc6c(c5)OCCO6)C(=O)OC4C3)c2c1. The molecule has 1 aromatic heterocycles. The number of carbonyl (C=O) groups excluding carboxylic acids is 1. The predicted octanol–water partition coefficient (Wildman–Crippen LogP) is 3.13. The van der Waals surface area contributed by atoms with E-state index in [1.165, 1.54) is 0 Å². The number of methoxy groups -OCH3 is 1. The summed E-state index contributed by atoms with van der Waals surface area (Å²) in [6.07, 6.45) is 0.410. The van der Waals surface area contributed by atoms with Gasteiger partial charge < -0.3 is 23.5 Å². The van der Waals surface area contributed by atoms with Crippen LogP contribution in [0.4, 0.5) is 10.5 Å². The second kappa shape index (κ2) is 9.39. The highest BCUT2D eigenvalue weighted by molar-refractivity contribution is 5.89. The van der Waals surface area contributed by atoms with Gasteiger partial charge in [-0.3, -0.25) is 14.6 Å². The molecule has 0 N–H and O–H groups in total. The van der Waals surface area contributed by atoms with Crippen LogP contribution in [-0.2, 0) is 11.3 Å². The van der Waals surface area contributed by atoms with Crippen LogP contribution < -0.4 is 24.7 Å². The van der Waals surface area contributed by atoms with E-state index in [9.17, 15) is 9.59 Å². The lowest BCUT2D eigenvalue weighted by molar-refractivity contribution is -0.00757. The van der Waals surface area contributed by atoms with Crippen LogP contribution >= 0.6 is 0 Å². The fourth-order valence-corrected chi connectivity index (χ4v) is 5.35. The number of anilines is 1. The van der Waals surface area contributed by atoms with Crippen LogP contribution in [-0.4, -0.2) is 68.2 Å². The number of pyridine rings is 1. The van der Waals surface area contributed by atoms with Crippen molar-refractivity contribution in [2.75, 3.05) is 51.4 Å². The number of hydrogen-bond acceptors (Lipinski definition) is 7. The molecule has 36 heavy (non-hydrogen) atoms. The Morgan fingerprint density at radius 2 is 1.78 bits per heavy atom. The second-order valence-electron chi connectivity index (χ2n) is 9.46. The van der Waals surface area contributed by atoms with Gasteiger partial charge in [-0.05, 0) is 48.7 Å². The van der Waals surface area contributed by atoms with Gasteiger partial charge >= 0.3 is 6.09 Å². The number of fused-ring (bicyclic) bond motifs is 3. The van der Waals surface area contributed by atoms with E-state index in [1.807, 2.05) is 42.5 Å². The average molecular weight is 492 g/mol. The first kappa shape index (κ1) is 22.7. The molecular formula is C27H29N3O6. The molecule has 0 bridgehead atoms. The van der Waals surface area contributed by atoms with Gasteiger partial charge in [0, 0.05) is 50.3 Å². The smallest absolute Gasteiger partial charge is 0.414 e. The highest BCUT2D eigenvalue weighted by atomic mass is 16.6. The first-order chi connectivity index (χ1) is 17.6. The fourth-order valence-electron chi connectivity index (χ4n) is 5.35. The van der Waals surface area contributed by atoms with Crippen LogP contribution in [0.3, 0.4) is 0 Å². The van der Waals surface area contributed by atoms with Crippen molar-refractivity contribution in [1.29, 1.82) is 0 Å². The number of likely N-dealkylation sites (tertiary alicyclic amines) is 1. The predicted molar refractivity (Wildman–Crippen MR) is 134 cm³/mol. The van der Waals surface area contributed by atoms with Crippen molar-refractivity contribution in [3.8, 4) is 17.2 Å². The summed E-state index contributed by atoms with van der Waals surface area (Å²) in [4.78, 5) is 29.5. The van der Waals surface area contributed by atoms with E-state index in [1.54, 1.807) is 22.6 Å². The number of piperidine rings is 1. The normalized spacial score (nSPS) is 21.7. The maximum absolute atomic E-state index is 12.9. The molecule has 1 amide bonds. The van der Waals surface area contributed by atoms with E-state index < -0.39 is 0 Å². The first-order valence-electron chi connectivity index (χ1n) is 12.4. The van der Waals surface area contributed by atoms with Crippen LogP contribution in [0.2, 0.25) is 0 Å². The van der Waals surface area contributed by atoms with Gasteiger partial charge in [-0.25, -0.2) is 4.79 Å². The Kier molecular flexibility index (Phi) is 5.92. The van der Waals surface area contributed by atoms with Crippen molar-refractivity contribution in [3.05, 3.63) is 58.9 Å². The lowest BCUT2D eigenvalue weighted by Crippen LogP contribution is -2.56. The number of aromatic nitrogens is 1. The Morgan fingerprint density at radius 3 is 2.64 bits per heavy atom. The molecule has 9 nitrogen and oxygen atoms in total. The van der Waals surface area contributed by atoms with Crippen LogP contribution in [0.1, 0.15) is 6.42 Å². The highest BCUT2D eigenvalue weighted by Gasteiger charge is 2.40. The summed E-state index contributed by atoms with van der Waals surface area (Å²) in [5.74, 6) is 2.33. The van der Waals surface area contributed by atoms with Crippen LogP contribution in [0.15, 0.2) is 53.3 Å². The largest absolute Gasteiger partial charge is 0.497 e.